The van der Waals surface area contributed by atoms with Crippen molar-refractivity contribution >= 4 is 5.91 Å². The molecule has 0 saturated carbocycles. The average Bonchev–Trinajstić information content (AvgIpc) is 2.67. The van der Waals surface area contributed by atoms with Crippen molar-refractivity contribution < 1.29 is 4.79 Å². The van der Waals surface area contributed by atoms with Gasteiger partial charge in [0.05, 0.1) is 11.8 Å². The number of aromatic amines is 1. The number of carbonyl (C=O) groups is 1. The second kappa shape index (κ2) is 4.47. The first-order chi connectivity index (χ1) is 7.27. The van der Waals surface area contributed by atoms with Gasteiger partial charge >= 0.3 is 0 Å². The normalized spacial score (nSPS) is 22.5. The predicted molar refractivity (Wildman–Crippen MR) is 57.5 cm³/mol. The second-order valence-electron chi connectivity index (χ2n) is 4.32. The molecular weight excluding hydrogens is 190 g/mol. The summed E-state index contributed by atoms with van der Waals surface area (Å²) in [5, 5.41) is 6.48. The molecule has 1 atom stereocenters. The number of hydrogen-bond donors (Lipinski definition) is 1. The zero-order chi connectivity index (χ0) is 10.7. The summed E-state index contributed by atoms with van der Waals surface area (Å²) in [5.74, 6) is 0.852. The monoisotopic (exact) mass is 207 g/mol. The molecule has 1 N–H and O–H groups in total. The standard InChI is InChI=1S/C11H17N3O/c1-9-3-2-5-14(6-4-9)11(15)10-7-12-13-8-10/h7-9H,2-6H2,1H3,(H,12,13). The summed E-state index contributed by atoms with van der Waals surface area (Å²) in [7, 11) is 0. The predicted octanol–water partition coefficient (Wildman–Crippen LogP) is 1.67. The highest BCUT2D eigenvalue weighted by atomic mass is 16.2. The van der Waals surface area contributed by atoms with Gasteiger partial charge in [-0.3, -0.25) is 9.89 Å². The number of nitrogens with zero attached hydrogens (tertiary/aromatic N) is 2. The summed E-state index contributed by atoms with van der Waals surface area (Å²) in [6.45, 7) is 4.02. The summed E-state index contributed by atoms with van der Waals surface area (Å²) in [4.78, 5) is 13.9. The zero-order valence-electron chi connectivity index (χ0n) is 9.07. The van der Waals surface area contributed by atoms with Crippen LogP contribution in [-0.2, 0) is 0 Å². The van der Waals surface area contributed by atoms with Crippen LogP contribution in [0.15, 0.2) is 12.4 Å². The van der Waals surface area contributed by atoms with E-state index in [0.29, 0.717) is 5.56 Å². The quantitative estimate of drug-likeness (QED) is 0.761. The number of carbonyl (C=O) groups excluding carboxylic acids is 1. The first kappa shape index (κ1) is 10.2. The molecule has 0 aliphatic carbocycles. The van der Waals surface area contributed by atoms with Crippen molar-refractivity contribution in [2.75, 3.05) is 13.1 Å². The van der Waals surface area contributed by atoms with E-state index in [0.717, 1.165) is 31.8 Å². The number of hydrogen-bond acceptors (Lipinski definition) is 2. The lowest BCUT2D eigenvalue weighted by molar-refractivity contribution is 0.0760. The van der Waals surface area contributed by atoms with E-state index in [-0.39, 0.29) is 5.91 Å². The molecule has 1 aliphatic rings. The van der Waals surface area contributed by atoms with Gasteiger partial charge in [-0.05, 0) is 25.2 Å². The van der Waals surface area contributed by atoms with E-state index in [1.54, 1.807) is 12.4 Å². The van der Waals surface area contributed by atoms with E-state index in [9.17, 15) is 4.79 Å². The van der Waals surface area contributed by atoms with Gasteiger partial charge < -0.3 is 4.90 Å². The Kier molecular flexibility index (Phi) is 3.04. The molecule has 2 heterocycles. The second-order valence-corrected chi connectivity index (χ2v) is 4.32. The maximum absolute atomic E-state index is 12.0. The van der Waals surface area contributed by atoms with E-state index in [1.807, 2.05) is 4.90 Å². The third kappa shape index (κ3) is 2.37. The molecule has 1 aromatic rings. The van der Waals surface area contributed by atoms with Crippen LogP contribution in [0, 0.1) is 5.92 Å². The van der Waals surface area contributed by atoms with E-state index in [2.05, 4.69) is 17.1 Å². The summed E-state index contributed by atoms with van der Waals surface area (Å²) >= 11 is 0. The smallest absolute Gasteiger partial charge is 0.257 e. The molecule has 4 heteroatoms. The van der Waals surface area contributed by atoms with Gasteiger partial charge in [-0.2, -0.15) is 5.10 Å². The van der Waals surface area contributed by atoms with Crippen molar-refractivity contribution in [1.29, 1.82) is 0 Å². The Morgan fingerprint density at radius 2 is 2.40 bits per heavy atom. The highest BCUT2D eigenvalue weighted by Crippen LogP contribution is 2.17. The minimum absolute atomic E-state index is 0.109. The van der Waals surface area contributed by atoms with Crippen LogP contribution < -0.4 is 0 Å². The molecule has 2 rings (SSSR count). The lowest BCUT2D eigenvalue weighted by Crippen LogP contribution is -2.31. The summed E-state index contributed by atoms with van der Waals surface area (Å²) in [6.07, 6.45) is 6.72. The SMILES string of the molecule is CC1CCCN(C(=O)c2cn[nH]c2)CC1. The van der Waals surface area contributed by atoms with Crippen LogP contribution in [0.1, 0.15) is 36.5 Å². The van der Waals surface area contributed by atoms with Gasteiger partial charge in [0.15, 0.2) is 0 Å². The van der Waals surface area contributed by atoms with Gasteiger partial charge in [-0.1, -0.05) is 6.92 Å². The summed E-state index contributed by atoms with van der Waals surface area (Å²) in [6, 6.07) is 0. The topological polar surface area (TPSA) is 49.0 Å². The first-order valence-electron chi connectivity index (χ1n) is 5.55. The van der Waals surface area contributed by atoms with Gasteiger partial charge in [0.2, 0.25) is 0 Å². The largest absolute Gasteiger partial charge is 0.339 e. The molecule has 1 unspecified atom stereocenters. The molecule has 82 valence electrons. The minimum Gasteiger partial charge on any atom is -0.339 e. The zero-order valence-corrected chi connectivity index (χ0v) is 9.07. The van der Waals surface area contributed by atoms with Gasteiger partial charge in [0, 0.05) is 19.3 Å². The van der Waals surface area contributed by atoms with Crippen LogP contribution in [0.25, 0.3) is 0 Å². The molecule has 4 nitrogen and oxygen atoms in total. The number of amides is 1. The molecule has 1 amide bonds. The maximum atomic E-state index is 12.0. The molecule has 0 bridgehead atoms. The molecule has 0 aromatic carbocycles. The van der Waals surface area contributed by atoms with Gasteiger partial charge in [0.1, 0.15) is 0 Å². The van der Waals surface area contributed by atoms with Crippen molar-refractivity contribution in [3.63, 3.8) is 0 Å². The van der Waals surface area contributed by atoms with Crippen molar-refractivity contribution in [1.82, 2.24) is 15.1 Å². The summed E-state index contributed by atoms with van der Waals surface area (Å²) in [5.41, 5.74) is 0.671. The Balaban J connectivity index is 2.01. The minimum atomic E-state index is 0.109. The number of aromatic nitrogens is 2. The lowest BCUT2D eigenvalue weighted by Gasteiger charge is -2.19. The molecule has 1 fully saturated rings. The number of likely N-dealkylation sites (tertiary alicyclic amines) is 1. The molecule has 1 aromatic heterocycles. The first-order valence-corrected chi connectivity index (χ1v) is 5.55. The van der Waals surface area contributed by atoms with E-state index in [1.165, 1.54) is 6.42 Å². The number of rotatable bonds is 1. The highest BCUT2D eigenvalue weighted by molar-refractivity contribution is 5.93. The highest BCUT2D eigenvalue weighted by Gasteiger charge is 2.19. The van der Waals surface area contributed by atoms with Crippen LogP contribution in [0.3, 0.4) is 0 Å². The Morgan fingerprint density at radius 1 is 1.53 bits per heavy atom. The maximum Gasteiger partial charge on any atom is 0.257 e. The van der Waals surface area contributed by atoms with Crippen molar-refractivity contribution in [3.8, 4) is 0 Å². The number of nitrogens with one attached hydrogen (secondary N) is 1. The van der Waals surface area contributed by atoms with Crippen LogP contribution >= 0.6 is 0 Å². The van der Waals surface area contributed by atoms with Crippen molar-refractivity contribution in [3.05, 3.63) is 18.0 Å². The Labute approximate surface area is 89.7 Å². The fourth-order valence-corrected chi connectivity index (χ4v) is 2.02. The number of H-pyrrole nitrogens is 1. The molecule has 1 saturated heterocycles. The van der Waals surface area contributed by atoms with E-state index >= 15 is 0 Å². The van der Waals surface area contributed by atoms with Crippen LogP contribution in [0.2, 0.25) is 0 Å². The van der Waals surface area contributed by atoms with Crippen LogP contribution in [0.5, 0.6) is 0 Å². The van der Waals surface area contributed by atoms with Gasteiger partial charge in [-0.15, -0.1) is 0 Å². The van der Waals surface area contributed by atoms with Gasteiger partial charge in [0.25, 0.3) is 5.91 Å². The average molecular weight is 207 g/mol. The van der Waals surface area contributed by atoms with E-state index in [4.69, 9.17) is 0 Å². The van der Waals surface area contributed by atoms with Gasteiger partial charge in [-0.25, -0.2) is 0 Å². The molecule has 1 aliphatic heterocycles. The fraction of sp³-hybridized carbons (Fsp3) is 0.636. The Bertz CT molecular complexity index is 321. The molecule has 0 spiro atoms. The van der Waals surface area contributed by atoms with Crippen molar-refractivity contribution in [2.45, 2.75) is 26.2 Å². The molecule has 0 radical (unpaired) electrons. The Morgan fingerprint density at radius 3 is 3.13 bits per heavy atom. The fourth-order valence-electron chi connectivity index (χ4n) is 2.02. The third-order valence-corrected chi connectivity index (χ3v) is 3.05. The molecule has 15 heavy (non-hydrogen) atoms. The Hall–Kier alpha value is -1.32. The third-order valence-electron chi connectivity index (χ3n) is 3.05. The molecular formula is C11H17N3O. The van der Waals surface area contributed by atoms with Crippen LogP contribution in [0.4, 0.5) is 0 Å². The summed E-state index contributed by atoms with van der Waals surface area (Å²) < 4.78 is 0. The lowest BCUT2D eigenvalue weighted by atomic mass is 10.0. The van der Waals surface area contributed by atoms with Crippen molar-refractivity contribution in [2.24, 2.45) is 5.92 Å². The van der Waals surface area contributed by atoms with Crippen LogP contribution in [-0.4, -0.2) is 34.1 Å². The van der Waals surface area contributed by atoms with E-state index < -0.39 is 0 Å².